The quantitative estimate of drug-likeness (QED) is 0.290. The second kappa shape index (κ2) is 10.8. The molecular formula is C25H32N6O4S. The van der Waals surface area contributed by atoms with Gasteiger partial charge in [-0.3, -0.25) is 5.32 Å². The third kappa shape index (κ3) is 6.08. The van der Waals surface area contributed by atoms with Crippen LogP contribution < -0.4 is 25.5 Å². The van der Waals surface area contributed by atoms with Crippen LogP contribution in [0.1, 0.15) is 38.5 Å². The third-order valence-corrected chi connectivity index (χ3v) is 8.03. The molecule has 2 aromatic carbocycles. The van der Waals surface area contributed by atoms with E-state index >= 15 is 0 Å². The summed E-state index contributed by atoms with van der Waals surface area (Å²) in [5.41, 5.74) is 2.03. The van der Waals surface area contributed by atoms with E-state index in [4.69, 9.17) is 4.18 Å². The molecule has 0 bridgehead atoms. The Balaban J connectivity index is 1.19. The molecule has 0 unspecified atom stereocenters. The summed E-state index contributed by atoms with van der Waals surface area (Å²) < 4.78 is 31.0. The van der Waals surface area contributed by atoms with Crippen molar-refractivity contribution in [3.05, 3.63) is 42.5 Å². The van der Waals surface area contributed by atoms with Gasteiger partial charge in [-0.1, -0.05) is 12.8 Å². The number of benzene rings is 2. The van der Waals surface area contributed by atoms with E-state index in [0.29, 0.717) is 29.5 Å². The Morgan fingerprint density at radius 1 is 1.03 bits per heavy atom. The zero-order valence-corrected chi connectivity index (χ0v) is 20.9. The van der Waals surface area contributed by atoms with Crippen molar-refractivity contribution in [1.82, 2.24) is 20.6 Å². The number of hydrogen-bond acceptors (Lipinski definition) is 7. The van der Waals surface area contributed by atoms with Crippen molar-refractivity contribution in [1.29, 1.82) is 0 Å². The van der Waals surface area contributed by atoms with Crippen molar-refractivity contribution in [2.45, 2.75) is 49.5 Å². The first-order valence-electron chi connectivity index (χ1n) is 12.5. The maximum absolute atomic E-state index is 12.8. The maximum Gasteiger partial charge on any atom is 0.339 e. The van der Waals surface area contributed by atoms with Gasteiger partial charge in [-0.25, -0.2) is 9.78 Å². The first-order valence-corrected chi connectivity index (χ1v) is 13.9. The number of H-pyrrole nitrogens is 1. The Kier molecular flexibility index (Phi) is 7.28. The summed E-state index contributed by atoms with van der Waals surface area (Å²) in [6, 6.07) is 11.5. The largest absolute Gasteiger partial charge is 0.382 e. The van der Waals surface area contributed by atoms with Crippen molar-refractivity contribution >= 4 is 38.8 Å². The lowest BCUT2D eigenvalue weighted by molar-refractivity contribution is 0.248. The molecule has 1 aromatic heterocycles. The number of amides is 2. The second-order valence-electron chi connectivity index (χ2n) is 9.48. The maximum atomic E-state index is 12.8. The van der Waals surface area contributed by atoms with Crippen molar-refractivity contribution in [3.63, 3.8) is 0 Å². The number of piperidine rings is 1. The molecule has 2 heterocycles. The number of rotatable bonds is 8. The van der Waals surface area contributed by atoms with Crippen molar-refractivity contribution in [2.75, 3.05) is 30.3 Å². The number of nitrogens with one attached hydrogen (secondary N) is 5. The predicted molar refractivity (Wildman–Crippen MR) is 139 cm³/mol. The SMILES string of the molecule is O=C(NCC1CCNCC1)Nc1nc2cc(OS(=O)(=O)c3ccc(NC4CCCC4)cc3)ccc2[nH]1. The average molecular weight is 513 g/mol. The van der Waals surface area contributed by atoms with E-state index in [-0.39, 0.29) is 22.6 Å². The molecular weight excluding hydrogens is 480 g/mol. The Hall–Kier alpha value is -3.31. The van der Waals surface area contributed by atoms with Crippen LogP contribution in [-0.2, 0) is 10.1 Å². The van der Waals surface area contributed by atoms with Crippen molar-refractivity contribution < 1.29 is 17.4 Å². The number of hydrogen-bond donors (Lipinski definition) is 5. The molecule has 1 aliphatic carbocycles. The Morgan fingerprint density at radius 3 is 2.53 bits per heavy atom. The highest BCUT2D eigenvalue weighted by atomic mass is 32.2. The van der Waals surface area contributed by atoms with Gasteiger partial charge in [0.05, 0.1) is 11.0 Å². The van der Waals surface area contributed by atoms with E-state index in [1.165, 1.54) is 18.9 Å². The lowest BCUT2D eigenvalue weighted by Crippen LogP contribution is -2.37. The van der Waals surface area contributed by atoms with E-state index < -0.39 is 10.1 Å². The lowest BCUT2D eigenvalue weighted by atomic mass is 9.98. The minimum Gasteiger partial charge on any atom is -0.382 e. The fraction of sp³-hybridized carbons (Fsp3) is 0.440. The number of anilines is 2. The summed E-state index contributed by atoms with van der Waals surface area (Å²) in [5.74, 6) is 0.885. The molecule has 2 fully saturated rings. The van der Waals surface area contributed by atoms with Gasteiger partial charge in [-0.05, 0) is 81.1 Å². The number of aromatic nitrogens is 2. The van der Waals surface area contributed by atoms with Gasteiger partial charge in [-0.2, -0.15) is 8.42 Å². The van der Waals surface area contributed by atoms with Crippen LogP contribution >= 0.6 is 0 Å². The van der Waals surface area contributed by atoms with Gasteiger partial charge in [0.1, 0.15) is 10.6 Å². The topological polar surface area (TPSA) is 137 Å². The van der Waals surface area contributed by atoms with Crippen LogP contribution in [0.25, 0.3) is 11.0 Å². The third-order valence-electron chi connectivity index (χ3n) is 6.77. The smallest absolute Gasteiger partial charge is 0.339 e. The minimum atomic E-state index is -4.01. The number of urea groups is 1. The van der Waals surface area contributed by atoms with Gasteiger partial charge in [0, 0.05) is 24.3 Å². The van der Waals surface area contributed by atoms with Crippen molar-refractivity contribution in [2.24, 2.45) is 5.92 Å². The molecule has 5 rings (SSSR count). The van der Waals surface area contributed by atoms with Gasteiger partial charge in [0.15, 0.2) is 0 Å². The van der Waals surface area contributed by atoms with Gasteiger partial charge in [0.2, 0.25) is 5.95 Å². The summed E-state index contributed by atoms with van der Waals surface area (Å²) in [7, 11) is -4.01. The zero-order valence-electron chi connectivity index (χ0n) is 20.0. The van der Waals surface area contributed by atoms with E-state index in [2.05, 4.69) is 31.2 Å². The summed E-state index contributed by atoms with van der Waals surface area (Å²) >= 11 is 0. The minimum absolute atomic E-state index is 0.0781. The number of imidazole rings is 1. The Labute approximate surface area is 210 Å². The van der Waals surface area contributed by atoms with E-state index in [1.807, 2.05) is 0 Å². The van der Waals surface area contributed by atoms with Crippen LogP contribution in [-0.4, -0.2) is 50.1 Å². The monoisotopic (exact) mass is 512 g/mol. The standard InChI is InChI=1S/C25H32N6O4S/c32-25(27-16-17-11-13-26-14-12-17)31-24-29-22-10-7-20(15-23(22)30-24)35-36(33,34)21-8-5-19(6-9-21)28-18-3-1-2-4-18/h5-10,15,17-18,26,28H,1-4,11-14,16H2,(H3,27,29,30,31,32). The molecule has 1 saturated heterocycles. The zero-order chi connectivity index (χ0) is 25.0. The van der Waals surface area contributed by atoms with Gasteiger partial charge in [-0.15, -0.1) is 0 Å². The van der Waals surface area contributed by atoms with Crippen LogP contribution in [0.15, 0.2) is 47.4 Å². The van der Waals surface area contributed by atoms with Crippen LogP contribution in [0, 0.1) is 5.92 Å². The number of fused-ring (bicyclic) bond motifs is 1. The van der Waals surface area contributed by atoms with E-state index in [1.54, 1.807) is 36.4 Å². The van der Waals surface area contributed by atoms with Crippen LogP contribution in [0.2, 0.25) is 0 Å². The highest BCUT2D eigenvalue weighted by molar-refractivity contribution is 7.87. The molecule has 192 valence electrons. The van der Waals surface area contributed by atoms with Crippen LogP contribution in [0.4, 0.5) is 16.4 Å². The van der Waals surface area contributed by atoms with Crippen LogP contribution in [0.3, 0.4) is 0 Å². The highest BCUT2D eigenvalue weighted by Gasteiger charge is 2.19. The molecule has 0 spiro atoms. The summed E-state index contributed by atoms with van der Waals surface area (Å²) in [4.78, 5) is 19.7. The van der Waals surface area contributed by atoms with Gasteiger partial charge < -0.3 is 25.1 Å². The normalized spacial score (nSPS) is 17.2. The number of nitrogens with zero attached hydrogens (tertiary/aromatic N) is 1. The summed E-state index contributed by atoms with van der Waals surface area (Å²) in [6.07, 6.45) is 6.80. The van der Waals surface area contributed by atoms with Crippen molar-refractivity contribution in [3.8, 4) is 5.75 Å². The average Bonchev–Trinajstić information content (AvgIpc) is 3.52. The molecule has 2 aliphatic rings. The van der Waals surface area contributed by atoms with Gasteiger partial charge in [0.25, 0.3) is 0 Å². The molecule has 10 nitrogen and oxygen atoms in total. The molecule has 2 amide bonds. The molecule has 1 aliphatic heterocycles. The second-order valence-corrected chi connectivity index (χ2v) is 11.0. The predicted octanol–water partition coefficient (Wildman–Crippen LogP) is 3.81. The van der Waals surface area contributed by atoms with Gasteiger partial charge >= 0.3 is 16.1 Å². The summed E-state index contributed by atoms with van der Waals surface area (Å²) in [5, 5.41) is 12.3. The lowest BCUT2D eigenvalue weighted by Gasteiger charge is -2.22. The molecule has 1 saturated carbocycles. The number of carbonyl (C=O) groups is 1. The van der Waals surface area contributed by atoms with E-state index in [0.717, 1.165) is 44.5 Å². The molecule has 0 radical (unpaired) electrons. The van der Waals surface area contributed by atoms with E-state index in [9.17, 15) is 13.2 Å². The highest BCUT2D eigenvalue weighted by Crippen LogP contribution is 2.26. The molecule has 0 atom stereocenters. The Morgan fingerprint density at radius 2 is 1.78 bits per heavy atom. The fourth-order valence-corrected chi connectivity index (χ4v) is 5.69. The first-order chi connectivity index (χ1) is 17.4. The number of carbonyl (C=O) groups excluding carboxylic acids is 1. The molecule has 3 aromatic rings. The molecule has 5 N–H and O–H groups in total. The Bertz CT molecular complexity index is 1300. The molecule has 36 heavy (non-hydrogen) atoms. The number of aromatic amines is 1. The van der Waals surface area contributed by atoms with Crippen LogP contribution in [0.5, 0.6) is 5.75 Å². The fourth-order valence-electron chi connectivity index (χ4n) is 4.77. The summed E-state index contributed by atoms with van der Waals surface area (Å²) in [6.45, 7) is 2.56. The first kappa shape index (κ1) is 24.4. The molecule has 11 heteroatoms.